The molecule has 1 amide bonds. The molecule has 0 aromatic carbocycles. The number of carbonyl (C=O) groups excluding carboxylic acids is 2. The summed E-state index contributed by atoms with van der Waals surface area (Å²) in [5, 5.41) is 2.82. The lowest BCUT2D eigenvalue weighted by atomic mass is 9.72. The monoisotopic (exact) mass is 335 g/mol. The van der Waals surface area contributed by atoms with Gasteiger partial charge in [0.2, 0.25) is 0 Å². The van der Waals surface area contributed by atoms with Crippen LogP contribution >= 0.6 is 11.3 Å². The Balaban J connectivity index is 1.58. The molecule has 1 heterocycles. The molecule has 1 saturated carbocycles. The molecule has 5 heteroatoms. The molecule has 0 aliphatic heterocycles. The van der Waals surface area contributed by atoms with Crippen LogP contribution in [0.4, 0.5) is 0 Å². The van der Waals surface area contributed by atoms with Gasteiger partial charge in [0.25, 0.3) is 5.91 Å². The number of aryl methyl sites for hydroxylation is 1. The Labute approximate surface area is 141 Å². The SMILES string of the molecule is CC(C)(C)[C@@H]1CCc2sc(C(=O)OCC(=O)NC3CC3)cc2C1. The van der Waals surface area contributed by atoms with Crippen LogP contribution in [0.3, 0.4) is 0 Å². The Morgan fingerprint density at radius 1 is 1.30 bits per heavy atom. The first-order valence-electron chi connectivity index (χ1n) is 8.41. The number of hydrogen-bond acceptors (Lipinski definition) is 4. The van der Waals surface area contributed by atoms with E-state index in [1.807, 2.05) is 6.07 Å². The first kappa shape index (κ1) is 16.5. The Kier molecular flexibility index (Phi) is 4.50. The molecule has 1 fully saturated rings. The van der Waals surface area contributed by atoms with Gasteiger partial charge >= 0.3 is 5.97 Å². The summed E-state index contributed by atoms with van der Waals surface area (Å²) in [7, 11) is 0. The van der Waals surface area contributed by atoms with E-state index in [9.17, 15) is 9.59 Å². The van der Waals surface area contributed by atoms with E-state index in [1.165, 1.54) is 28.2 Å². The third kappa shape index (κ3) is 4.14. The number of rotatable bonds is 4. The maximum Gasteiger partial charge on any atom is 0.348 e. The van der Waals surface area contributed by atoms with E-state index in [0.717, 1.165) is 25.7 Å². The van der Waals surface area contributed by atoms with Crippen LogP contribution in [0.2, 0.25) is 0 Å². The van der Waals surface area contributed by atoms with Gasteiger partial charge in [-0.1, -0.05) is 20.8 Å². The summed E-state index contributed by atoms with van der Waals surface area (Å²) in [5.74, 6) is 0.0791. The van der Waals surface area contributed by atoms with Gasteiger partial charge < -0.3 is 10.1 Å². The molecule has 3 rings (SSSR count). The maximum atomic E-state index is 12.2. The summed E-state index contributed by atoms with van der Waals surface area (Å²) in [5.41, 5.74) is 1.58. The maximum absolute atomic E-state index is 12.2. The van der Waals surface area contributed by atoms with Gasteiger partial charge in [0.1, 0.15) is 4.88 Å². The molecule has 0 unspecified atom stereocenters. The van der Waals surface area contributed by atoms with Crippen LogP contribution in [0.25, 0.3) is 0 Å². The molecule has 1 N–H and O–H groups in total. The van der Waals surface area contributed by atoms with Crippen LogP contribution in [0.15, 0.2) is 6.07 Å². The minimum atomic E-state index is -0.373. The predicted octanol–water partition coefficient (Wildman–Crippen LogP) is 3.33. The van der Waals surface area contributed by atoms with Crippen molar-refractivity contribution in [3.05, 3.63) is 21.4 Å². The van der Waals surface area contributed by atoms with Crippen LogP contribution in [0.1, 0.15) is 60.1 Å². The number of fused-ring (bicyclic) bond motifs is 1. The predicted molar refractivity (Wildman–Crippen MR) is 90.7 cm³/mol. The fourth-order valence-electron chi connectivity index (χ4n) is 3.06. The van der Waals surface area contributed by atoms with Crippen molar-refractivity contribution in [3.8, 4) is 0 Å². The number of hydrogen-bond donors (Lipinski definition) is 1. The van der Waals surface area contributed by atoms with Gasteiger partial charge in [-0.05, 0) is 55.1 Å². The van der Waals surface area contributed by atoms with Crippen LogP contribution < -0.4 is 5.32 Å². The van der Waals surface area contributed by atoms with Crippen molar-refractivity contribution >= 4 is 23.2 Å². The quantitative estimate of drug-likeness (QED) is 0.859. The molecule has 23 heavy (non-hydrogen) atoms. The Morgan fingerprint density at radius 2 is 2.04 bits per heavy atom. The third-order valence-electron chi connectivity index (χ3n) is 4.79. The molecule has 2 aliphatic rings. The topological polar surface area (TPSA) is 55.4 Å². The zero-order chi connectivity index (χ0) is 16.6. The smallest absolute Gasteiger partial charge is 0.348 e. The van der Waals surface area contributed by atoms with Gasteiger partial charge in [-0.25, -0.2) is 4.79 Å². The van der Waals surface area contributed by atoms with Crippen LogP contribution in [-0.4, -0.2) is 24.5 Å². The van der Waals surface area contributed by atoms with E-state index in [1.54, 1.807) is 0 Å². The lowest BCUT2D eigenvalue weighted by Crippen LogP contribution is -2.30. The highest BCUT2D eigenvalue weighted by Crippen LogP contribution is 2.40. The van der Waals surface area contributed by atoms with Crippen LogP contribution in [0.5, 0.6) is 0 Å². The van der Waals surface area contributed by atoms with Crippen molar-refractivity contribution in [1.29, 1.82) is 0 Å². The van der Waals surface area contributed by atoms with E-state index >= 15 is 0 Å². The number of ether oxygens (including phenoxy) is 1. The lowest BCUT2D eigenvalue weighted by molar-refractivity contribution is -0.124. The van der Waals surface area contributed by atoms with E-state index in [-0.39, 0.29) is 18.5 Å². The summed E-state index contributed by atoms with van der Waals surface area (Å²) in [6, 6.07) is 2.27. The summed E-state index contributed by atoms with van der Waals surface area (Å²) in [6.07, 6.45) is 5.32. The standard InChI is InChI=1S/C18H25NO3S/c1-18(2,3)12-4-7-14-11(8-12)9-15(23-14)17(21)22-10-16(20)19-13-5-6-13/h9,12-13H,4-8,10H2,1-3H3,(H,19,20)/t12-/m1/s1. The average Bonchev–Trinajstić information content (AvgIpc) is 3.18. The van der Waals surface area contributed by atoms with Crippen molar-refractivity contribution in [2.24, 2.45) is 11.3 Å². The second-order valence-corrected chi connectivity index (χ2v) is 8.92. The Hall–Kier alpha value is -1.36. The van der Waals surface area contributed by atoms with E-state index < -0.39 is 0 Å². The fraction of sp³-hybridized carbons (Fsp3) is 0.667. The van der Waals surface area contributed by atoms with Gasteiger partial charge in [0.15, 0.2) is 6.61 Å². The van der Waals surface area contributed by atoms with Gasteiger partial charge in [0, 0.05) is 10.9 Å². The largest absolute Gasteiger partial charge is 0.451 e. The van der Waals surface area contributed by atoms with Crippen LogP contribution in [-0.2, 0) is 22.4 Å². The van der Waals surface area contributed by atoms with Gasteiger partial charge in [-0.3, -0.25) is 4.79 Å². The normalized spacial score (nSPS) is 20.7. The Bertz CT molecular complexity index is 610. The van der Waals surface area contributed by atoms with Gasteiger partial charge in [-0.2, -0.15) is 0 Å². The van der Waals surface area contributed by atoms with E-state index in [0.29, 0.717) is 22.3 Å². The minimum Gasteiger partial charge on any atom is -0.451 e. The molecule has 0 spiro atoms. The molecule has 0 bridgehead atoms. The molecule has 126 valence electrons. The highest BCUT2D eigenvalue weighted by Gasteiger charge is 2.31. The summed E-state index contributed by atoms with van der Waals surface area (Å²) >= 11 is 1.53. The summed E-state index contributed by atoms with van der Waals surface area (Å²) < 4.78 is 5.15. The highest BCUT2D eigenvalue weighted by atomic mass is 32.1. The number of amides is 1. The lowest BCUT2D eigenvalue weighted by Gasteiger charge is -2.33. The number of nitrogens with one attached hydrogen (secondary N) is 1. The summed E-state index contributed by atoms with van der Waals surface area (Å²) in [6.45, 7) is 6.66. The van der Waals surface area contributed by atoms with Crippen molar-refractivity contribution in [3.63, 3.8) is 0 Å². The molecule has 1 aromatic rings. The van der Waals surface area contributed by atoms with E-state index in [2.05, 4.69) is 26.1 Å². The van der Waals surface area contributed by atoms with E-state index in [4.69, 9.17) is 4.74 Å². The second kappa shape index (κ2) is 6.27. The van der Waals surface area contributed by atoms with Gasteiger partial charge in [-0.15, -0.1) is 11.3 Å². The molecule has 0 saturated heterocycles. The number of esters is 1. The molecular weight excluding hydrogens is 310 g/mol. The molecule has 1 aromatic heterocycles. The number of thiophene rings is 1. The van der Waals surface area contributed by atoms with Crippen molar-refractivity contribution in [2.75, 3.05) is 6.61 Å². The van der Waals surface area contributed by atoms with Crippen molar-refractivity contribution < 1.29 is 14.3 Å². The zero-order valence-electron chi connectivity index (χ0n) is 14.1. The molecule has 1 atom stereocenters. The molecule has 4 nitrogen and oxygen atoms in total. The molecule has 2 aliphatic carbocycles. The fourth-order valence-corrected chi connectivity index (χ4v) is 4.16. The highest BCUT2D eigenvalue weighted by molar-refractivity contribution is 7.14. The molecular formula is C18H25NO3S. The Morgan fingerprint density at radius 3 is 2.70 bits per heavy atom. The first-order valence-corrected chi connectivity index (χ1v) is 9.22. The van der Waals surface area contributed by atoms with Gasteiger partial charge in [0.05, 0.1) is 0 Å². The molecule has 0 radical (unpaired) electrons. The zero-order valence-corrected chi connectivity index (χ0v) is 14.9. The van der Waals surface area contributed by atoms with Crippen molar-refractivity contribution in [1.82, 2.24) is 5.32 Å². The number of carbonyl (C=O) groups is 2. The summed E-state index contributed by atoms with van der Waals surface area (Å²) in [4.78, 5) is 25.7. The first-order chi connectivity index (χ1) is 10.8. The minimum absolute atomic E-state index is 0.178. The van der Waals surface area contributed by atoms with Crippen molar-refractivity contribution in [2.45, 2.75) is 58.9 Å². The van der Waals surface area contributed by atoms with Crippen LogP contribution in [0, 0.1) is 11.3 Å². The average molecular weight is 335 g/mol. The second-order valence-electron chi connectivity index (χ2n) is 7.78. The third-order valence-corrected chi connectivity index (χ3v) is 6.00.